The number of hydrogen-bond acceptors (Lipinski definition) is 3. The first-order valence-corrected chi connectivity index (χ1v) is 7.10. The number of carbonyl (C=O) groups is 2. The summed E-state index contributed by atoms with van der Waals surface area (Å²) in [5, 5.41) is 12.0. The lowest BCUT2D eigenvalue weighted by molar-refractivity contribution is 0.119. The van der Waals surface area contributed by atoms with Crippen LogP contribution < -0.4 is 5.32 Å². The van der Waals surface area contributed by atoms with Crippen LogP contribution in [0.3, 0.4) is 0 Å². The third kappa shape index (κ3) is 2.66. The van der Waals surface area contributed by atoms with E-state index in [1.54, 1.807) is 0 Å². The van der Waals surface area contributed by atoms with Gasteiger partial charge in [0, 0.05) is 6.54 Å². The van der Waals surface area contributed by atoms with Crippen LogP contribution in [-0.2, 0) is 11.3 Å². The highest BCUT2D eigenvalue weighted by Crippen LogP contribution is 2.49. The maximum absolute atomic E-state index is 11.9. The number of carboxylic acid groups (broad SMARTS) is 1. The molecule has 0 radical (unpaired) electrons. The summed E-state index contributed by atoms with van der Waals surface area (Å²) in [6, 6.07) is 9.31. The zero-order valence-electron chi connectivity index (χ0n) is 11.6. The molecule has 1 aromatic rings. The fourth-order valence-electron chi connectivity index (χ4n) is 3.08. The SMILES string of the molecule is O=C(NC1CCN(C(=O)O)C12CC2)OCc1ccccc1. The summed E-state index contributed by atoms with van der Waals surface area (Å²) in [6.45, 7) is 0.688. The van der Waals surface area contributed by atoms with E-state index in [9.17, 15) is 14.7 Å². The number of nitrogens with zero attached hydrogens (tertiary/aromatic N) is 1. The molecule has 2 N–H and O–H groups in total. The van der Waals surface area contributed by atoms with Crippen molar-refractivity contribution in [3.05, 3.63) is 35.9 Å². The minimum Gasteiger partial charge on any atom is -0.465 e. The third-order valence-electron chi connectivity index (χ3n) is 4.33. The fourth-order valence-corrected chi connectivity index (χ4v) is 3.08. The Morgan fingerprint density at radius 3 is 2.67 bits per heavy atom. The van der Waals surface area contributed by atoms with Crippen LogP contribution in [0.15, 0.2) is 30.3 Å². The summed E-state index contributed by atoms with van der Waals surface area (Å²) in [7, 11) is 0. The second-order valence-corrected chi connectivity index (χ2v) is 5.59. The molecule has 0 aromatic heterocycles. The van der Waals surface area contributed by atoms with Crippen molar-refractivity contribution >= 4 is 12.2 Å². The zero-order valence-corrected chi connectivity index (χ0v) is 11.6. The van der Waals surface area contributed by atoms with Gasteiger partial charge in [0.25, 0.3) is 0 Å². The van der Waals surface area contributed by atoms with Crippen LogP contribution in [0.1, 0.15) is 24.8 Å². The molecule has 6 heteroatoms. The Labute approximate surface area is 122 Å². The second kappa shape index (κ2) is 5.27. The largest absolute Gasteiger partial charge is 0.465 e. The summed E-state index contributed by atoms with van der Waals surface area (Å²) in [5.41, 5.74) is 0.532. The van der Waals surface area contributed by atoms with E-state index in [-0.39, 0.29) is 12.6 Å². The van der Waals surface area contributed by atoms with Gasteiger partial charge in [-0.3, -0.25) is 0 Å². The average molecular weight is 290 g/mol. The van der Waals surface area contributed by atoms with E-state index in [0.29, 0.717) is 13.0 Å². The van der Waals surface area contributed by atoms with Crippen molar-refractivity contribution in [3.8, 4) is 0 Å². The van der Waals surface area contributed by atoms with E-state index in [1.807, 2.05) is 30.3 Å². The van der Waals surface area contributed by atoms with Gasteiger partial charge in [-0.1, -0.05) is 30.3 Å². The molecule has 0 bridgehead atoms. The molecular formula is C15H18N2O4. The van der Waals surface area contributed by atoms with Crippen molar-refractivity contribution in [1.82, 2.24) is 10.2 Å². The van der Waals surface area contributed by atoms with Gasteiger partial charge >= 0.3 is 12.2 Å². The number of alkyl carbamates (subject to hydrolysis) is 1. The highest BCUT2D eigenvalue weighted by molar-refractivity contribution is 5.71. The van der Waals surface area contributed by atoms with Crippen molar-refractivity contribution < 1.29 is 19.4 Å². The lowest BCUT2D eigenvalue weighted by atomic mass is 10.1. The molecule has 6 nitrogen and oxygen atoms in total. The molecule has 2 amide bonds. The molecule has 1 aliphatic carbocycles. The van der Waals surface area contributed by atoms with Gasteiger partial charge in [-0.2, -0.15) is 0 Å². The molecule has 3 rings (SSSR count). The van der Waals surface area contributed by atoms with Crippen molar-refractivity contribution in [3.63, 3.8) is 0 Å². The monoisotopic (exact) mass is 290 g/mol. The highest BCUT2D eigenvalue weighted by atomic mass is 16.5. The third-order valence-corrected chi connectivity index (χ3v) is 4.33. The zero-order chi connectivity index (χ0) is 14.9. The predicted molar refractivity (Wildman–Crippen MR) is 74.9 cm³/mol. The molecule has 1 spiro atoms. The van der Waals surface area contributed by atoms with Crippen LogP contribution in [0.2, 0.25) is 0 Å². The number of hydrogen-bond donors (Lipinski definition) is 2. The van der Waals surface area contributed by atoms with Gasteiger partial charge < -0.3 is 20.1 Å². The van der Waals surface area contributed by atoms with E-state index in [2.05, 4.69) is 5.32 Å². The van der Waals surface area contributed by atoms with Crippen LogP contribution in [0.25, 0.3) is 0 Å². The van der Waals surface area contributed by atoms with E-state index in [4.69, 9.17) is 4.74 Å². The molecular weight excluding hydrogens is 272 g/mol. The summed E-state index contributed by atoms with van der Waals surface area (Å²) in [6.07, 6.45) is 0.871. The van der Waals surface area contributed by atoms with Gasteiger partial charge in [-0.15, -0.1) is 0 Å². The molecule has 112 valence electrons. The van der Waals surface area contributed by atoms with E-state index >= 15 is 0 Å². The number of benzene rings is 1. The molecule has 1 saturated heterocycles. The standard InChI is InChI=1S/C15H18N2O4/c18-13(21-10-11-4-2-1-3-5-11)16-12-6-9-17(14(19)20)15(12)7-8-15/h1-5,12H,6-10H2,(H,16,18)(H,19,20). The Hall–Kier alpha value is -2.24. The Bertz CT molecular complexity index is 542. The van der Waals surface area contributed by atoms with Crippen molar-refractivity contribution in [2.24, 2.45) is 0 Å². The first kappa shape index (κ1) is 13.7. The first-order valence-electron chi connectivity index (χ1n) is 7.10. The number of rotatable bonds is 3. The molecule has 1 heterocycles. The van der Waals surface area contributed by atoms with Crippen LogP contribution in [0, 0.1) is 0 Å². The Morgan fingerprint density at radius 1 is 1.33 bits per heavy atom. The number of ether oxygens (including phenoxy) is 1. The fraction of sp³-hybridized carbons (Fsp3) is 0.467. The van der Waals surface area contributed by atoms with Gasteiger partial charge in [0.2, 0.25) is 0 Å². The summed E-state index contributed by atoms with van der Waals surface area (Å²) in [5.74, 6) is 0. The first-order chi connectivity index (χ1) is 10.1. The number of nitrogens with one attached hydrogen (secondary N) is 1. The minimum absolute atomic E-state index is 0.142. The van der Waals surface area contributed by atoms with Crippen LogP contribution in [0.4, 0.5) is 9.59 Å². The highest BCUT2D eigenvalue weighted by Gasteiger charge is 2.60. The Kier molecular flexibility index (Phi) is 3.45. The predicted octanol–water partition coefficient (Wildman–Crippen LogP) is 2.20. The summed E-state index contributed by atoms with van der Waals surface area (Å²) >= 11 is 0. The summed E-state index contributed by atoms with van der Waals surface area (Å²) in [4.78, 5) is 24.5. The smallest absolute Gasteiger partial charge is 0.407 e. The van der Waals surface area contributed by atoms with Gasteiger partial charge in [0.1, 0.15) is 6.61 Å². The van der Waals surface area contributed by atoms with Gasteiger partial charge in [-0.25, -0.2) is 9.59 Å². The number of likely N-dealkylation sites (tertiary alicyclic amines) is 1. The molecule has 21 heavy (non-hydrogen) atoms. The van der Waals surface area contributed by atoms with E-state index < -0.39 is 17.7 Å². The van der Waals surface area contributed by atoms with Gasteiger partial charge in [0.05, 0.1) is 11.6 Å². The van der Waals surface area contributed by atoms with Crippen LogP contribution >= 0.6 is 0 Å². The maximum atomic E-state index is 11.9. The molecule has 2 fully saturated rings. The van der Waals surface area contributed by atoms with E-state index in [1.165, 1.54) is 4.90 Å². The molecule has 1 aliphatic heterocycles. The summed E-state index contributed by atoms with van der Waals surface area (Å²) < 4.78 is 5.19. The van der Waals surface area contributed by atoms with Crippen molar-refractivity contribution in [2.75, 3.05) is 6.54 Å². The quantitative estimate of drug-likeness (QED) is 0.894. The van der Waals surface area contributed by atoms with Crippen LogP contribution in [-0.4, -0.2) is 40.3 Å². The number of carbonyl (C=O) groups excluding carboxylic acids is 1. The average Bonchev–Trinajstić information content (AvgIpc) is 3.18. The molecule has 1 unspecified atom stereocenters. The van der Waals surface area contributed by atoms with Crippen molar-refractivity contribution in [2.45, 2.75) is 37.5 Å². The lowest BCUT2D eigenvalue weighted by Gasteiger charge is -2.26. The molecule has 1 saturated carbocycles. The van der Waals surface area contributed by atoms with Crippen LogP contribution in [0.5, 0.6) is 0 Å². The lowest BCUT2D eigenvalue weighted by Crippen LogP contribution is -2.48. The van der Waals surface area contributed by atoms with Gasteiger partial charge in [0.15, 0.2) is 0 Å². The molecule has 2 aliphatic rings. The van der Waals surface area contributed by atoms with Crippen molar-refractivity contribution in [1.29, 1.82) is 0 Å². The second-order valence-electron chi connectivity index (χ2n) is 5.59. The molecule has 1 atom stereocenters. The van der Waals surface area contributed by atoms with E-state index in [0.717, 1.165) is 18.4 Å². The number of amides is 2. The topological polar surface area (TPSA) is 78.9 Å². The Morgan fingerprint density at radius 2 is 2.05 bits per heavy atom. The van der Waals surface area contributed by atoms with Gasteiger partial charge in [-0.05, 0) is 24.8 Å². The Balaban J connectivity index is 1.53. The maximum Gasteiger partial charge on any atom is 0.407 e. The normalized spacial score (nSPS) is 22.1. The minimum atomic E-state index is -0.908. The molecule has 1 aromatic carbocycles.